The molecule has 0 atom stereocenters. The van der Waals surface area contributed by atoms with E-state index in [1.54, 1.807) is 6.20 Å². The van der Waals surface area contributed by atoms with Crippen LogP contribution in [-0.2, 0) is 4.74 Å². The second-order valence-corrected chi connectivity index (χ2v) is 9.32. The Hall–Kier alpha value is -2.71. The van der Waals surface area contributed by atoms with Crippen molar-refractivity contribution in [3.8, 4) is 0 Å². The Labute approximate surface area is 186 Å². The van der Waals surface area contributed by atoms with Crippen LogP contribution in [0.3, 0.4) is 0 Å². The van der Waals surface area contributed by atoms with Crippen LogP contribution in [0.2, 0.25) is 0 Å². The Morgan fingerprint density at radius 2 is 1.94 bits per heavy atom. The molecule has 0 radical (unpaired) electrons. The SMILES string of the molecule is Cc1cc2[nH]c(=O)c3cnn(C4CCOCC4)c3c2cc1C(=O)NCC1CCN(C)CC1. The van der Waals surface area contributed by atoms with Crippen molar-refractivity contribution in [3.05, 3.63) is 39.8 Å². The smallest absolute Gasteiger partial charge is 0.259 e. The zero-order chi connectivity index (χ0) is 22.2. The summed E-state index contributed by atoms with van der Waals surface area (Å²) in [7, 11) is 2.14. The quantitative estimate of drug-likeness (QED) is 0.655. The number of carbonyl (C=O) groups is 1. The number of aromatic nitrogens is 3. The summed E-state index contributed by atoms with van der Waals surface area (Å²) in [5.41, 5.74) is 2.90. The van der Waals surface area contributed by atoms with Gasteiger partial charge >= 0.3 is 0 Å². The monoisotopic (exact) mass is 437 g/mol. The van der Waals surface area contributed by atoms with Crippen LogP contribution in [-0.4, -0.2) is 65.5 Å². The van der Waals surface area contributed by atoms with Crippen molar-refractivity contribution in [2.45, 2.75) is 38.6 Å². The number of aromatic amines is 1. The highest BCUT2D eigenvalue weighted by atomic mass is 16.5. The van der Waals surface area contributed by atoms with Crippen LogP contribution in [0.15, 0.2) is 23.1 Å². The highest BCUT2D eigenvalue weighted by Crippen LogP contribution is 2.30. The summed E-state index contributed by atoms with van der Waals surface area (Å²) in [5, 5.41) is 9.14. The highest BCUT2D eigenvalue weighted by molar-refractivity contribution is 6.07. The van der Waals surface area contributed by atoms with E-state index >= 15 is 0 Å². The molecule has 1 aromatic carbocycles. The minimum absolute atomic E-state index is 0.0557. The predicted molar refractivity (Wildman–Crippen MR) is 124 cm³/mol. The van der Waals surface area contributed by atoms with Crippen LogP contribution in [0.25, 0.3) is 21.8 Å². The molecule has 0 aliphatic carbocycles. The van der Waals surface area contributed by atoms with Crippen LogP contribution < -0.4 is 10.9 Å². The van der Waals surface area contributed by atoms with E-state index < -0.39 is 0 Å². The van der Waals surface area contributed by atoms with Gasteiger partial charge in [0.05, 0.1) is 28.7 Å². The maximum Gasteiger partial charge on any atom is 0.259 e. The summed E-state index contributed by atoms with van der Waals surface area (Å²) in [6.07, 6.45) is 5.59. The average molecular weight is 438 g/mol. The van der Waals surface area contributed by atoms with E-state index in [9.17, 15) is 9.59 Å². The number of fused-ring (bicyclic) bond motifs is 3. The van der Waals surface area contributed by atoms with Gasteiger partial charge in [-0.15, -0.1) is 0 Å². The van der Waals surface area contributed by atoms with Gasteiger partial charge in [-0.05, 0) is 76.4 Å². The number of nitrogens with zero attached hydrogens (tertiary/aromatic N) is 3. The molecule has 5 rings (SSSR count). The number of hydrogen-bond donors (Lipinski definition) is 2. The van der Waals surface area contributed by atoms with Gasteiger partial charge in [-0.3, -0.25) is 14.3 Å². The van der Waals surface area contributed by atoms with Crippen molar-refractivity contribution < 1.29 is 9.53 Å². The zero-order valence-electron chi connectivity index (χ0n) is 18.8. The normalized spacial score (nSPS) is 19.1. The van der Waals surface area contributed by atoms with Gasteiger partial charge in [-0.1, -0.05) is 0 Å². The molecule has 170 valence electrons. The largest absolute Gasteiger partial charge is 0.381 e. The summed E-state index contributed by atoms with van der Waals surface area (Å²) in [4.78, 5) is 31.1. The fourth-order valence-electron chi connectivity index (χ4n) is 5.04. The highest BCUT2D eigenvalue weighted by Gasteiger charge is 2.23. The molecule has 0 spiro atoms. The molecular weight excluding hydrogens is 406 g/mol. The molecule has 3 aromatic rings. The van der Waals surface area contributed by atoms with Gasteiger partial charge < -0.3 is 19.9 Å². The third-order valence-corrected chi connectivity index (χ3v) is 7.08. The van der Waals surface area contributed by atoms with Gasteiger partial charge in [0.15, 0.2) is 0 Å². The van der Waals surface area contributed by atoms with Crippen LogP contribution >= 0.6 is 0 Å². The Kier molecular flexibility index (Phi) is 5.73. The molecule has 2 N–H and O–H groups in total. The third kappa shape index (κ3) is 3.93. The lowest BCUT2D eigenvalue weighted by atomic mass is 9.96. The van der Waals surface area contributed by atoms with Gasteiger partial charge in [0.25, 0.3) is 11.5 Å². The van der Waals surface area contributed by atoms with Crippen molar-refractivity contribution in [2.24, 2.45) is 5.92 Å². The first-order chi connectivity index (χ1) is 15.5. The fourth-order valence-corrected chi connectivity index (χ4v) is 5.04. The van der Waals surface area contributed by atoms with E-state index in [0.717, 1.165) is 60.8 Å². The molecule has 2 aromatic heterocycles. The van der Waals surface area contributed by atoms with Gasteiger partial charge in [0.2, 0.25) is 0 Å². The minimum Gasteiger partial charge on any atom is -0.381 e. The predicted octanol–water partition coefficient (Wildman–Crippen LogP) is 2.61. The van der Waals surface area contributed by atoms with Gasteiger partial charge in [-0.25, -0.2) is 0 Å². The lowest BCUT2D eigenvalue weighted by Crippen LogP contribution is -2.37. The maximum absolute atomic E-state index is 13.1. The molecule has 2 aliphatic rings. The molecular formula is C24H31N5O3. The minimum atomic E-state index is -0.148. The van der Waals surface area contributed by atoms with E-state index in [2.05, 4.69) is 27.3 Å². The summed E-state index contributed by atoms with van der Waals surface area (Å²) in [6, 6.07) is 4.01. The van der Waals surface area contributed by atoms with E-state index in [1.807, 2.05) is 23.7 Å². The van der Waals surface area contributed by atoms with Crippen LogP contribution in [0.5, 0.6) is 0 Å². The standard InChI is InChI=1S/C24H31N5O3/c1-15-11-21-19(12-18(15)23(30)25-13-16-3-7-28(2)8-4-16)22-20(24(31)27-21)14-26-29(22)17-5-9-32-10-6-17/h11-12,14,16-17H,3-10,13H2,1-2H3,(H,25,30)(H,27,31). The molecule has 0 unspecified atom stereocenters. The van der Waals surface area contributed by atoms with E-state index in [-0.39, 0.29) is 17.5 Å². The summed E-state index contributed by atoms with van der Waals surface area (Å²) < 4.78 is 7.47. The molecule has 2 aliphatic heterocycles. The average Bonchev–Trinajstić information content (AvgIpc) is 3.25. The van der Waals surface area contributed by atoms with Crippen molar-refractivity contribution in [3.63, 3.8) is 0 Å². The van der Waals surface area contributed by atoms with Crippen molar-refractivity contribution in [1.29, 1.82) is 0 Å². The molecule has 4 heterocycles. The number of aryl methyl sites for hydroxylation is 1. The number of H-pyrrole nitrogens is 1. The number of amides is 1. The Balaban J connectivity index is 1.50. The molecule has 8 heteroatoms. The van der Waals surface area contributed by atoms with E-state index in [1.165, 1.54) is 0 Å². The molecule has 2 saturated heterocycles. The number of benzene rings is 1. The van der Waals surface area contributed by atoms with Crippen LogP contribution in [0, 0.1) is 12.8 Å². The first-order valence-electron chi connectivity index (χ1n) is 11.6. The number of likely N-dealkylation sites (tertiary alicyclic amines) is 1. The Morgan fingerprint density at radius 1 is 1.19 bits per heavy atom. The number of carbonyl (C=O) groups excluding carboxylic acids is 1. The number of hydrogen-bond acceptors (Lipinski definition) is 5. The lowest BCUT2D eigenvalue weighted by molar-refractivity contribution is 0.0675. The second kappa shape index (κ2) is 8.67. The molecule has 1 amide bonds. The van der Waals surface area contributed by atoms with Crippen molar-refractivity contribution in [1.82, 2.24) is 25.0 Å². The van der Waals surface area contributed by atoms with Crippen molar-refractivity contribution >= 4 is 27.7 Å². The topological polar surface area (TPSA) is 92.2 Å². The summed E-state index contributed by atoms with van der Waals surface area (Å²) >= 11 is 0. The second-order valence-electron chi connectivity index (χ2n) is 9.32. The first-order valence-corrected chi connectivity index (χ1v) is 11.6. The van der Waals surface area contributed by atoms with Gasteiger partial charge in [0, 0.05) is 30.7 Å². The number of nitrogens with one attached hydrogen (secondary N) is 2. The zero-order valence-corrected chi connectivity index (χ0v) is 18.8. The van der Waals surface area contributed by atoms with Gasteiger partial charge in [0.1, 0.15) is 0 Å². The molecule has 0 saturated carbocycles. The van der Waals surface area contributed by atoms with Crippen LogP contribution in [0.1, 0.15) is 47.6 Å². The first kappa shape index (κ1) is 21.2. The number of piperidine rings is 1. The molecule has 8 nitrogen and oxygen atoms in total. The number of pyridine rings is 1. The van der Waals surface area contributed by atoms with E-state index in [4.69, 9.17) is 4.74 Å². The van der Waals surface area contributed by atoms with E-state index in [0.29, 0.717) is 36.6 Å². The molecule has 32 heavy (non-hydrogen) atoms. The maximum atomic E-state index is 13.1. The van der Waals surface area contributed by atoms with Crippen LogP contribution in [0.4, 0.5) is 0 Å². The Bertz CT molecular complexity index is 1200. The van der Waals surface area contributed by atoms with Gasteiger partial charge in [-0.2, -0.15) is 5.10 Å². The number of rotatable bonds is 4. The lowest BCUT2D eigenvalue weighted by Gasteiger charge is -2.29. The summed E-state index contributed by atoms with van der Waals surface area (Å²) in [5.74, 6) is 0.466. The molecule has 2 fully saturated rings. The van der Waals surface area contributed by atoms with Crippen molar-refractivity contribution in [2.75, 3.05) is 39.9 Å². The molecule has 0 bridgehead atoms. The number of ether oxygens (including phenoxy) is 1. The summed E-state index contributed by atoms with van der Waals surface area (Å²) in [6.45, 7) is 6.16. The fraction of sp³-hybridized carbons (Fsp3) is 0.542. The third-order valence-electron chi connectivity index (χ3n) is 7.08. The Morgan fingerprint density at radius 3 is 2.69 bits per heavy atom.